The number of nitrogens with zero attached hydrogens (tertiary/aromatic N) is 4. The van der Waals surface area contributed by atoms with Crippen molar-refractivity contribution in [2.75, 3.05) is 0 Å². The lowest BCUT2D eigenvalue weighted by Crippen LogP contribution is -2.46. The molecule has 0 aliphatic carbocycles. The van der Waals surface area contributed by atoms with Crippen LogP contribution in [0.3, 0.4) is 0 Å². The van der Waals surface area contributed by atoms with E-state index in [1.165, 1.54) is 33.6 Å². The summed E-state index contributed by atoms with van der Waals surface area (Å²) in [5, 5.41) is 0. The molecule has 0 bridgehead atoms. The normalized spacial score (nSPS) is 12.2. The van der Waals surface area contributed by atoms with Crippen LogP contribution in [0.15, 0.2) is 67.1 Å². The Morgan fingerprint density at radius 3 is 2.00 bits per heavy atom. The van der Waals surface area contributed by atoms with Crippen molar-refractivity contribution >= 4 is 0 Å². The minimum Gasteiger partial charge on any atom is -0.229 e. The Kier molecular flexibility index (Phi) is 6.28. The maximum Gasteiger partial charge on any atom is 0.426 e. The SMILES string of the molecule is Cc1ccccc1C(C)(C)c1c[n+](-c2c(C(C)C)cccc2C(C)C)c(-n2ccc[n+]2C)n1C. The molecule has 0 saturated heterocycles. The molecule has 178 valence electrons. The molecule has 4 aromatic rings. The molecule has 0 spiro atoms. The van der Waals surface area contributed by atoms with E-state index in [-0.39, 0.29) is 5.41 Å². The van der Waals surface area contributed by atoms with Crippen LogP contribution in [-0.4, -0.2) is 9.25 Å². The summed E-state index contributed by atoms with van der Waals surface area (Å²) in [6.07, 6.45) is 6.61. The number of aromatic nitrogens is 4. The summed E-state index contributed by atoms with van der Waals surface area (Å²) in [6.45, 7) is 16.1. The summed E-state index contributed by atoms with van der Waals surface area (Å²) in [7, 11) is 4.30. The van der Waals surface area contributed by atoms with E-state index in [9.17, 15) is 0 Å². The van der Waals surface area contributed by atoms with Crippen molar-refractivity contribution in [3.8, 4) is 11.6 Å². The fraction of sp³-hybridized carbons (Fsp3) is 0.400. The summed E-state index contributed by atoms with van der Waals surface area (Å²) < 4.78 is 9.18. The zero-order valence-corrected chi connectivity index (χ0v) is 22.3. The summed E-state index contributed by atoms with van der Waals surface area (Å²) in [6, 6.07) is 17.6. The van der Waals surface area contributed by atoms with Crippen molar-refractivity contribution in [1.82, 2.24) is 9.25 Å². The highest BCUT2D eigenvalue weighted by Gasteiger charge is 2.38. The monoisotopic (exact) mass is 456 g/mol. The Morgan fingerprint density at radius 1 is 0.853 bits per heavy atom. The Labute approximate surface area is 205 Å². The van der Waals surface area contributed by atoms with E-state index in [0.717, 1.165) is 5.95 Å². The molecule has 4 rings (SSSR count). The third-order valence-corrected chi connectivity index (χ3v) is 7.24. The fourth-order valence-electron chi connectivity index (χ4n) is 5.38. The number of hydrogen-bond acceptors (Lipinski definition) is 0. The highest BCUT2D eigenvalue weighted by Crippen LogP contribution is 2.35. The van der Waals surface area contributed by atoms with Crippen LogP contribution in [-0.2, 0) is 19.5 Å². The van der Waals surface area contributed by atoms with Crippen molar-refractivity contribution in [3.63, 3.8) is 0 Å². The van der Waals surface area contributed by atoms with E-state index in [1.54, 1.807) is 0 Å². The van der Waals surface area contributed by atoms with Crippen molar-refractivity contribution in [3.05, 3.63) is 95.1 Å². The van der Waals surface area contributed by atoms with Gasteiger partial charge in [-0.3, -0.25) is 0 Å². The van der Waals surface area contributed by atoms with Gasteiger partial charge in [-0.05, 0) is 54.9 Å². The zero-order valence-electron chi connectivity index (χ0n) is 22.3. The molecule has 4 heteroatoms. The first-order valence-electron chi connectivity index (χ1n) is 12.4. The van der Waals surface area contributed by atoms with Crippen LogP contribution in [0.25, 0.3) is 11.6 Å². The third-order valence-electron chi connectivity index (χ3n) is 7.24. The van der Waals surface area contributed by atoms with Gasteiger partial charge in [0.1, 0.15) is 23.8 Å². The van der Waals surface area contributed by atoms with Crippen LogP contribution >= 0.6 is 0 Å². The lowest BCUT2D eigenvalue weighted by atomic mass is 9.79. The molecule has 0 fully saturated rings. The molecule has 0 amide bonds. The van der Waals surface area contributed by atoms with Crippen LogP contribution in [0.5, 0.6) is 0 Å². The van der Waals surface area contributed by atoms with Crippen LogP contribution in [0.2, 0.25) is 0 Å². The van der Waals surface area contributed by atoms with Gasteiger partial charge in [-0.25, -0.2) is 4.57 Å². The van der Waals surface area contributed by atoms with Crippen molar-refractivity contribution < 1.29 is 9.25 Å². The largest absolute Gasteiger partial charge is 0.426 e. The summed E-state index contributed by atoms with van der Waals surface area (Å²) in [5.74, 6) is 1.96. The standard InChI is InChI=1S/C30H40N4/c1-21(2)24-15-12-16-25(22(3)4)28(24)33-20-27(30(6,7)26-17-11-10-14-23(26)5)32(9)29(33)34-19-13-18-31(34)8/h10-22H,1-9H3/q+2. The second-order valence-electron chi connectivity index (χ2n) is 10.7. The van der Waals surface area contributed by atoms with Gasteiger partial charge in [-0.1, -0.05) is 74.8 Å². The van der Waals surface area contributed by atoms with E-state index >= 15 is 0 Å². The number of para-hydroxylation sites is 1. The zero-order chi connectivity index (χ0) is 24.8. The van der Waals surface area contributed by atoms with E-state index in [2.05, 4.69) is 148 Å². The Bertz CT molecular complexity index is 1290. The molecule has 4 nitrogen and oxygen atoms in total. The van der Waals surface area contributed by atoms with Crippen molar-refractivity contribution in [1.29, 1.82) is 0 Å². The van der Waals surface area contributed by atoms with Gasteiger partial charge in [0, 0.05) is 16.2 Å². The maximum atomic E-state index is 2.43. The number of imidazole rings is 1. The van der Waals surface area contributed by atoms with Crippen molar-refractivity contribution in [2.24, 2.45) is 14.1 Å². The van der Waals surface area contributed by atoms with Crippen LogP contribution in [0.4, 0.5) is 0 Å². The quantitative estimate of drug-likeness (QED) is 0.327. The molecule has 0 atom stereocenters. The summed E-state index contributed by atoms with van der Waals surface area (Å²) >= 11 is 0. The van der Waals surface area contributed by atoms with E-state index in [4.69, 9.17) is 0 Å². The Morgan fingerprint density at radius 2 is 1.47 bits per heavy atom. The van der Waals surface area contributed by atoms with Crippen LogP contribution in [0, 0.1) is 6.92 Å². The molecule has 0 unspecified atom stereocenters. The predicted octanol–water partition coefficient (Wildman–Crippen LogP) is 5.80. The van der Waals surface area contributed by atoms with Gasteiger partial charge in [0.25, 0.3) is 0 Å². The Balaban J connectivity index is 2.11. The van der Waals surface area contributed by atoms with Gasteiger partial charge in [0.15, 0.2) is 7.05 Å². The number of aryl methyl sites for hydroxylation is 2. The van der Waals surface area contributed by atoms with Crippen LogP contribution in [0.1, 0.15) is 81.3 Å². The smallest absolute Gasteiger partial charge is 0.229 e. The minimum absolute atomic E-state index is 0.170. The Hall–Kier alpha value is -3.14. The molecule has 2 aromatic heterocycles. The minimum atomic E-state index is -0.170. The molecule has 2 aromatic carbocycles. The lowest BCUT2D eigenvalue weighted by molar-refractivity contribution is -0.757. The molecule has 0 N–H and O–H groups in total. The van der Waals surface area contributed by atoms with E-state index in [0.29, 0.717) is 11.8 Å². The topological polar surface area (TPSA) is 17.6 Å². The molecular weight excluding hydrogens is 416 g/mol. The second-order valence-corrected chi connectivity index (χ2v) is 10.7. The third kappa shape index (κ3) is 3.89. The maximum absolute atomic E-state index is 2.43. The van der Waals surface area contributed by atoms with E-state index in [1.807, 2.05) is 0 Å². The molecule has 34 heavy (non-hydrogen) atoms. The molecule has 0 radical (unpaired) electrons. The van der Waals surface area contributed by atoms with Gasteiger partial charge in [-0.15, -0.1) is 0 Å². The fourth-order valence-corrected chi connectivity index (χ4v) is 5.38. The summed E-state index contributed by atoms with van der Waals surface area (Å²) in [4.78, 5) is 0. The van der Waals surface area contributed by atoms with Gasteiger partial charge in [-0.2, -0.15) is 4.57 Å². The van der Waals surface area contributed by atoms with E-state index < -0.39 is 0 Å². The molecular formula is C30H40N4+2. The average molecular weight is 457 g/mol. The second kappa shape index (κ2) is 8.90. The lowest BCUT2D eigenvalue weighted by Gasteiger charge is -2.25. The van der Waals surface area contributed by atoms with Gasteiger partial charge < -0.3 is 0 Å². The number of benzene rings is 2. The summed E-state index contributed by atoms with van der Waals surface area (Å²) in [5.41, 5.74) is 7.83. The highest BCUT2D eigenvalue weighted by molar-refractivity contribution is 5.47. The molecule has 2 heterocycles. The molecule has 0 saturated carbocycles. The predicted molar refractivity (Wildman–Crippen MR) is 139 cm³/mol. The number of hydrogen-bond donors (Lipinski definition) is 0. The van der Waals surface area contributed by atoms with Gasteiger partial charge in [0.2, 0.25) is 6.20 Å². The van der Waals surface area contributed by atoms with Crippen LogP contribution < -0.4 is 9.25 Å². The number of rotatable bonds is 6. The molecule has 0 aliphatic heterocycles. The van der Waals surface area contributed by atoms with Gasteiger partial charge in [0.05, 0.1) is 7.05 Å². The van der Waals surface area contributed by atoms with Gasteiger partial charge >= 0.3 is 5.95 Å². The van der Waals surface area contributed by atoms with Crippen molar-refractivity contribution in [2.45, 2.75) is 65.7 Å². The molecule has 0 aliphatic rings. The highest BCUT2D eigenvalue weighted by atomic mass is 15.5. The first-order chi connectivity index (χ1) is 16.1. The first kappa shape index (κ1) is 24.0. The first-order valence-corrected chi connectivity index (χ1v) is 12.4. The average Bonchev–Trinajstić information content (AvgIpc) is 3.35.